The lowest BCUT2D eigenvalue weighted by atomic mass is 9.89. The number of nitriles is 1. The standard InChI is InChI=1S/C16H22ClNO2/c1-12(19)14-10-13(17)6-7-15(14)20-9-5-4-8-16(2,3)11-18/h6-7,10,12,19H,4-5,8-9H2,1-3H3/t12-/m0/s1. The third-order valence-electron chi connectivity index (χ3n) is 3.18. The Morgan fingerprint density at radius 1 is 1.40 bits per heavy atom. The number of hydrogen-bond donors (Lipinski definition) is 1. The number of hydrogen-bond acceptors (Lipinski definition) is 3. The third kappa shape index (κ3) is 5.40. The number of aliphatic hydroxyl groups is 1. The highest BCUT2D eigenvalue weighted by molar-refractivity contribution is 6.30. The van der Waals surface area contributed by atoms with Crippen LogP contribution in [0, 0.1) is 16.7 Å². The molecule has 0 unspecified atom stereocenters. The van der Waals surface area contributed by atoms with Gasteiger partial charge in [0.25, 0.3) is 0 Å². The van der Waals surface area contributed by atoms with E-state index in [-0.39, 0.29) is 5.41 Å². The van der Waals surface area contributed by atoms with Crippen LogP contribution in [0.2, 0.25) is 5.02 Å². The summed E-state index contributed by atoms with van der Waals surface area (Å²) in [7, 11) is 0. The fourth-order valence-corrected chi connectivity index (χ4v) is 2.06. The van der Waals surface area contributed by atoms with Crippen LogP contribution >= 0.6 is 11.6 Å². The van der Waals surface area contributed by atoms with E-state index in [4.69, 9.17) is 21.6 Å². The largest absolute Gasteiger partial charge is 0.493 e. The molecule has 1 atom stereocenters. The van der Waals surface area contributed by atoms with Gasteiger partial charge in [0, 0.05) is 10.6 Å². The Hall–Kier alpha value is -1.24. The Morgan fingerprint density at radius 2 is 2.10 bits per heavy atom. The number of rotatable bonds is 7. The minimum Gasteiger partial charge on any atom is -0.493 e. The van der Waals surface area contributed by atoms with Crippen molar-refractivity contribution >= 4 is 11.6 Å². The van der Waals surface area contributed by atoms with Crippen LogP contribution in [0.1, 0.15) is 51.7 Å². The summed E-state index contributed by atoms with van der Waals surface area (Å²) in [6.45, 7) is 6.15. The zero-order valence-electron chi connectivity index (χ0n) is 12.3. The number of aliphatic hydroxyl groups excluding tert-OH is 1. The van der Waals surface area contributed by atoms with E-state index in [0.29, 0.717) is 22.9 Å². The molecule has 1 aromatic rings. The summed E-state index contributed by atoms with van der Waals surface area (Å²) in [4.78, 5) is 0. The molecule has 0 heterocycles. The molecule has 0 saturated heterocycles. The molecule has 1 aromatic carbocycles. The van der Waals surface area contributed by atoms with E-state index in [9.17, 15) is 5.11 Å². The fraction of sp³-hybridized carbons (Fsp3) is 0.562. The van der Waals surface area contributed by atoms with E-state index in [1.54, 1.807) is 25.1 Å². The first kappa shape index (κ1) is 16.8. The van der Waals surface area contributed by atoms with Crippen LogP contribution in [0.5, 0.6) is 5.75 Å². The number of halogens is 1. The zero-order valence-corrected chi connectivity index (χ0v) is 13.1. The van der Waals surface area contributed by atoms with Crippen LogP contribution < -0.4 is 4.74 Å². The van der Waals surface area contributed by atoms with E-state index in [1.807, 2.05) is 13.8 Å². The van der Waals surface area contributed by atoms with Gasteiger partial charge in [-0.15, -0.1) is 0 Å². The highest BCUT2D eigenvalue weighted by Gasteiger charge is 2.15. The summed E-state index contributed by atoms with van der Waals surface area (Å²) in [5, 5.41) is 19.2. The van der Waals surface area contributed by atoms with Gasteiger partial charge in [0.05, 0.1) is 24.2 Å². The lowest BCUT2D eigenvalue weighted by Gasteiger charge is -2.16. The van der Waals surface area contributed by atoms with Crippen LogP contribution in [0.4, 0.5) is 0 Å². The van der Waals surface area contributed by atoms with E-state index < -0.39 is 6.10 Å². The fourth-order valence-electron chi connectivity index (χ4n) is 1.88. The van der Waals surface area contributed by atoms with Crippen molar-refractivity contribution in [2.75, 3.05) is 6.61 Å². The quantitative estimate of drug-likeness (QED) is 0.754. The predicted octanol–water partition coefficient (Wildman–Crippen LogP) is 4.49. The Bertz CT molecular complexity index is 478. The van der Waals surface area contributed by atoms with Gasteiger partial charge in [0.2, 0.25) is 0 Å². The molecule has 0 bridgehead atoms. The Morgan fingerprint density at radius 3 is 2.70 bits per heavy atom. The molecule has 3 nitrogen and oxygen atoms in total. The molecule has 20 heavy (non-hydrogen) atoms. The van der Waals surface area contributed by atoms with E-state index >= 15 is 0 Å². The number of nitrogens with zero attached hydrogens (tertiary/aromatic N) is 1. The van der Waals surface area contributed by atoms with Crippen molar-refractivity contribution in [3.63, 3.8) is 0 Å². The van der Waals surface area contributed by atoms with Gasteiger partial charge < -0.3 is 9.84 Å². The van der Waals surface area contributed by atoms with Crippen LogP contribution in [0.3, 0.4) is 0 Å². The van der Waals surface area contributed by atoms with Crippen molar-refractivity contribution in [3.05, 3.63) is 28.8 Å². The molecule has 0 fully saturated rings. The van der Waals surface area contributed by atoms with Gasteiger partial charge in [-0.1, -0.05) is 11.6 Å². The number of benzene rings is 1. The van der Waals surface area contributed by atoms with Gasteiger partial charge in [0.15, 0.2) is 0 Å². The van der Waals surface area contributed by atoms with Gasteiger partial charge in [-0.2, -0.15) is 5.26 Å². The first-order valence-corrected chi connectivity index (χ1v) is 7.25. The van der Waals surface area contributed by atoms with Gasteiger partial charge in [0.1, 0.15) is 5.75 Å². The second-order valence-corrected chi connectivity index (χ2v) is 6.10. The monoisotopic (exact) mass is 295 g/mol. The minimum atomic E-state index is -0.610. The van der Waals surface area contributed by atoms with Gasteiger partial charge >= 0.3 is 0 Å². The van der Waals surface area contributed by atoms with Crippen LogP contribution in [0.15, 0.2) is 18.2 Å². The predicted molar refractivity (Wildman–Crippen MR) is 80.8 cm³/mol. The summed E-state index contributed by atoms with van der Waals surface area (Å²) < 4.78 is 5.70. The summed E-state index contributed by atoms with van der Waals surface area (Å²) in [5.74, 6) is 0.670. The Kier molecular flexibility index (Phi) is 6.32. The number of ether oxygens (including phenoxy) is 1. The summed E-state index contributed by atoms with van der Waals surface area (Å²) >= 11 is 5.91. The highest BCUT2D eigenvalue weighted by atomic mass is 35.5. The van der Waals surface area contributed by atoms with Crippen LogP contribution in [0.25, 0.3) is 0 Å². The van der Waals surface area contributed by atoms with E-state index in [0.717, 1.165) is 19.3 Å². The van der Waals surface area contributed by atoms with Gasteiger partial charge in [-0.3, -0.25) is 0 Å². The van der Waals surface area contributed by atoms with Crippen LogP contribution in [-0.2, 0) is 0 Å². The molecular weight excluding hydrogens is 274 g/mol. The SMILES string of the molecule is C[C@H](O)c1cc(Cl)ccc1OCCCCC(C)(C)C#N. The molecule has 4 heteroatoms. The van der Waals surface area contributed by atoms with Gasteiger partial charge in [-0.05, 0) is 58.2 Å². The first-order valence-electron chi connectivity index (χ1n) is 6.87. The normalized spacial score (nSPS) is 12.8. The van der Waals surface area contributed by atoms with Crippen molar-refractivity contribution < 1.29 is 9.84 Å². The van der Waals surface area contributed by atoms with Crippen molar-refractivity contribution in [2.45, 2.75) is 46.1 Å². The maximum absolute atomic E-state index is 9.70. The maximum atomic E-state index is 9.70. The molecule has 0 aliphatic rings. The lowest BCUT2D eigenvalue weighted by Crippen LogP contribution is -2.08. The molecular formula is C16H22ClNO2. The molecule has 110 valence electrons. The van der Waals surface area contributed by atoms with Crippen molar-refractivity contribution in [2.24, 2.45) is 5.41 Å². The average Bonchev–Trinajstić information content (AvgIpc) is 2.39. The smallest absolute Gasteiger partial charge is 0.125 e. The molecule has 0 saturated carbocycles. The Balaban J connectivity index is 2.45. The molecule has 0 amide bonds. The minimum absolute atomic E-state index is 0.273. The lowest BCUT2D eigenvalue weighted by molar-refractivity contribution is 0.190. The Labute approximate surface area is 126 Å². The average molecular weight is 296 g/mol. The zero-order chi connectivity index (χ0) is 15.2. The highest BCUT2D eigenvalue weighted by Crippen LogP contribution is 2.28. The first-order chi connectivity index (χ1) is 9.35. The summed E-state index contributed by atoms with van der Waals surface area (Å²) in [6, 6.07) is 7.55. The maximum Gasteiger partial charge on any atom is 0.125 e. The second-order valence-electron chi connectivity index (χ2n) is 5.66. The molecule has 0 aliphatic carbocycles. The summed E-state index contributed by atoms with van der Waals surface area (Å²) in [5.41, 5.74) is 0.431. The van der Waals surface area contributed by atoms with Crippen molar-refractivity contribution in [1.82, 2.24) is 0 Å². The molecule has 0 spiro atoms. The molecule has 1 N–H and O–H groups in total. The molecule has 0 aliphatic heterocycles. The van der Waals surface area contributed by atoms with Crippen molar-refractivity contribution in [3.8, 4) is 11.8 Å². The number of unbranched alkanes of at least 4 members (excludes halogenated alkanes) is 1. The third-order valence-corrected chi connectivity index (χ3v) is 3.41. The molecule has 0 aromatic heterocycles. The van der Waals surface area contributed by atoms with Crippen molar-refractivity contribution in [1.29, 1.82) is 5.26 Å². The summed E-state index contributed by atoms with van der Waals surface area (Å²) in [6.07, 6.45) is 2.07. The molecule has 0 radical (unpaired) electrons. The van der Waals surface area contributed by atoms with E-state index in [1.165, 1.54) is 0 Å². The van der Waals surface area contributed by atoms with Gasteiger partial charge in [-0.25, -0.2) is 0 Å². The topological polar surface area (TPSA) is 53.2 Å². The van der Waals surface area contributed by atoms with E-state index in [2.05, 4.69) is 6.07 Å². The molecule has 1 rings (SSSR count). The van der Waals surface area contributed by atoms with Crippen LogP contribution in [-0.4, -0.2) is 11.7 Å². The second kappa shape index (κ2) is 7.52.